The molecule has 0 spiro atoms. The Bertz CT molecular complexity index is 1830. The summed E-state index contributed by atoms with van der Waals surface area (Å²) in [7, 11) is -4.56. The molecule has 4 N–H and O–H groups in total. The molecule has 252 valence electrons. The number of alkyl halides is 3. The van der Waals surface area contributed by atoms with Crippen LogP contribution in [0.3, 0.4) is 0 Å². The van der Waals surface area contributed by atoms with Gasteiger partial charge in [-0.1, -0.05) is 30.7 Å². The molecule has 0 unspecified atom stereocenters. The fraction of sp³-hybridized carbons (Fsp3) is 0.265. The van der Waals surface area contributed by atoms with Gasteiger partial charge in [0, 0.05) is 54.5 Å². The van der Waals surface area contributed by atoms with Crippen molar-refractivity contribution in [3.05, 3.63) is 102 Å². The molecule has 2 heterocycles. The Morgan fingerprint density at radius 3 is 2.29 bits per heavy atom. The number of halogens is 3. The summed E-state index contributed by atoms with van der Waals surface area (Å²) in [5.41, 5.74) is 0.792. The van der Waals surface area contributed by atoms with Crippen LogP contribution in [-0.4, -0.2) is 49.9 Å². The number of urea groups is 1. The summed E-state index contributed by atoms with van der Waals surface area (Å²) >= 11 is 0. The zero-order chi connectivity index (χ0) is 34.1. The van der Waals surface area contributed by atoms with E-state index in [1.807, 2.05) is 0 Å². The number of carbonyl (C=O) groups excluding carboxylic acids is 2. The zero-order valence-corrected chi connectivity index (χ0v) is 26.7. The quantitative estimate of drug-likeness (QED) is 0.139. The van der Waals surface area contributed by atoms with E-state index in [2.05, 4.69) is 30.6 Å². The molecule has 1 aliphatic heterocycles. The first-order chi connectivity index (χ1) is 23.0. The molecular weight excluding hydrogens is 645 g/mol. The SMILES string of the molecule is O=C(CCN1CCCCC1)Nc1cccc(-c2ccc(C(F)(F)F)cc2S(=O)(=O)Nc2ccc(NC(=O)NCc3cccnc3)cc2)c1. The molecule has 5 rings (SSSR count). The Labute approximate surface area is 276 Å². The van der Waals surface area contributed by atoms with Crippen LogP contribution in [0.5, 0.6) is 0 Å². The van der Waals surface area contributed by atoms with Crippen molar-refractivity contribution in [2.75, 3.05) is 35.0 Å². The summed E-state index contributed by atoms with van der Waals surface area (Å²) in [6.07, 6.45) is 2.10. The summed E-state index contributed by atoms with van der Waals surface area (Å²) in [4.78, 5) is 30.6. The van der Waals surface area contributed by atoms with Crippen molar-refractivity contribution in [1.29, 1.82) is 0 Å². The Balaban J connectivity index is 1.30. The van der Waals surface area contributed by atoms with E-state index in [9.17, 15) is 31.2 Å². The second-order valence-corrected chi connectivity index (χ2v) is 13.0. The van der Waals surface area contributed by atoms with Gasteiger partial charge in [0.25, 0.3) is 10.0 Å². The molecule has 1 saturated heterocycles. The second kappa shape index (κ2) is 15.3. The van der Waals surface area contributed by atoms with E-state index >= 15 is 0 Å². The maximum absolute atomic E-state index is 13.7. The lowest BCUT2D eigenvalue weighted by atomic mass is 10.0. The minimum Gasteiger partial charge on any atom is -0.334 e. The number of nitrogens with one attached hydrogen (secondary N) is 4. The smallest absolute Gasteiger partial charge is 0.334 e. The number of hydrogen-bond acceptors (Lipinski definition) is 6. The van der Waals surface area contributed by atoms with E-state index in [1.165, 1.54) is 36.8 Å². The monoisotopic (exact) mass is 680 g/mol. The molecule has 0 aliphatic carbocycles. The molecule has 0 bridgehead atoms. The van der Waals surface area contributed by atoms with Gasteiger partial charge in [-0.15, -0.1) is 0 Å². The second-order valence-electron chi connectivity index (χ2n) is 11.3. The van der Waals surface area contributed by atoms with E-state index in [4.69, 9.17) is 0 Å². The first-order valence-electron chi connectivity index (χ1n) is 15.4. The number of aromatic nitrogens is 1. The molecule has 1 aromatic heterocycles. The summed E-state index contributed by atoms with van der Waals surface area (Å²) in [5, 5.41) is 8.12. The summed E-state index contributed by atoms with van der Waals surface area (Å²) in [5.74, 6) is -0.219. The molecule has 10 nitrogen and oxygen atoms in total. The predicted molar refractivity (Wildman–Crippen MR) is 178 cm³/mol. The molecular formula is C34H35F3N6O4S. The molecule has 48 heavy (non-hydrogen) atoms. The van der Waals surface area contributed by atoms with Gasteiger partial charge in [0.05, 0.1) is 10.5 Å². The molecule has 1 fully saturated rings. The third-order valence-electron chi connectivity index (χ3n) is 7.73. The largest absolute Gasteiger partial charge is 0.416 e. The van der Waals surface area contributed by atoms with Crippen LogP contribution in [0.25, 0.3) is 11.1 Å². The number of sulfonamides is 1. The number of likely N-dealkylation sites (tertiary alicyclic amines) is 1. The Hall–Kier alpha value is -4.95. The Morgan fingerprint density at radius 2 is 1.58 bits per heavy atom. The number of benzene rings is 3. The van der Waals surface area contributed by atoms with Crippen molar-refractivity contribution in [3.8, 4) is 11.1 Å². The molecule has 14 heteroatoms. The highest BCUT2D eigenvalue weighted by atomic mass is 32.2. The molecule has 0 saturated carbocycles. The standard InChI is InChI=1S/C34H35F3N6O4S/c35-34(36,37)26-9-14-30(25-7-4-8-29(20-25)40-32(44)15-19-43-17-2-1-3-18-43)31(21-26)48(46,47)42-28-12-10-27(11-13-28)41-33(45)39-23-24-6-5-16-38-22-24/h4-14,16,20-22,42H,1-3,15,17-19,23H2,(H,40,44)(H2,39,41,45). The maximum Gasteiger partial charge on any atom is 0.416 e. The van der Waals surface area contributed by atoms with Crippen LogP contribution in [0.4, 0.5) is 35.0 Å². The zero-order valence-electron chi connectivity index (χ0n) is 25.9. The minimum atomic E-state index is -4.79. The van der Waals surface area contributed by atoms with Gasteiger partial charge >= 0.3 is 12.2 Å². The van der Waals surface area contributed by atoms with E-state index in [1.54, 1.807) is 42.7 Å². The van der Waals surface area contributed by atoms with E-state index in [0.29, 0.717) is 29.5 Å². The number of amides is 3. The number of nitrogens with zero attached hydrogens (tertiary/aromatic N) is 2. The van der Waals surface area contributed by atoms with E-state index < -0.39 is 32.7 Å². The van der Waals surface area contributed by atoms with Crippen LogP contribution < -0.4 is 20.7 Å². The van der Waals surface area contributed by atoms with Crippen molar-refractivity contribution in [2.24, 2.45) is 0 Å². The van der Waals surface area contributed by atoms with Gasteiger partial charge in [0.2, 0.25) is 5.91 Å². The van der Waals surface area contributed by atoms with E-state index in [0.717, 1.165) is 43.6 Å². The Kier molecular flexibility index (Phi) is 11.0. The highest BCUT2D eigenvalue weighted by Gasteiger charge is 2.33. The third kappa shape index (κ3) is 9.55. The Morgan fingerprint density at radius 1 is 0.833 bits per heavy atom. The third-order valence-corrected chi connectivity index (χ3v) is 9.15. The fourth-order valence-electron chi connectivity index (χ4n) is 5.28. The molecule has 3 amide bonds. The summed E-state index contributed by atoms with van der Waals surface area (Å²) < 4.78 is 70.7. The van der Waals surface area contributed by atoms with Crippen molar-refractivity contribution in [3.63, 3.8) is 0 Å². The van der Waals surface area contributed by atoms with Crippen LogP contribution in [0.1, 0.15) is 36.8 Å². The van der Waals surface area contributed by atoms with Gasteiger partial charge in [0.15, 0.2) is 0 Å². The molecule has 3 aromatic carbocycles. The van der Waals surface area contributed by atoms with Gasteiger partial charge in [-0.25, -0.2) is 13.2 Å². The first kappa shape index (κ1) is 34.4. The first-order valence-corrected chi connectivity index (χ1v) is 16.9. The normalized spacial score (nSPS) is 13.8. The number of pyridine rings is 1. The average Bonchev–Trinajstić information content (AvgIpc) is 3.07. The number of piperidine rings is 1. The van der Waals surface area contributed by atoms with E-state index in [-0.39, 0.29) is 30.1 Å². The van der Waals surface area contributed by atoms with Gasteiger partial charge in [-0.05, 0) is 91.7 Å². The topological polar surface area (TPSA) is 133 Å². The predicted octanol–water partition coefficient (Wildman–Crippen LogP) is 6.70. The van der Waals surface area contributed by atoms with Crippen LogP contribution in [0.15, 0.2) is 96.2 Å². The highest BCUT2D eigenvalue weighted by Crippen LogP contribution is 2.36. The van der Waals surface area contributed by atoms with Crippen molar-refractivity contribution in [2.45, 2.75) is 43.3 Å². The van der Waals surface area contributed by atoms with Gasteiger partial charge in [-0.2, -0.15) is 13.2 Å². The molecule has 0 radical (unpaired) electrons. The van der Waals surface area contributed by atoms with Crippen molar-refractivity contribution >= 4 is 39.0 Å². The van der Waals surface area contributed by atoms with Gasteiger partial charge in [0.1, 0.15) is 0 Å². The average molecular weight is 681 g/mol. The maximum atomic E-state index is 13.7. The summed E-state index contributed by atoms with van der Waals surface area (Å²) in [6, 6.07) is 17.5. The lowest BCUT2D eigenvalue weighted by Gasteiger charge is -2.25. The van der Waals surface area contributed by atoms with Gasteiger partial charge in [-0.3, -0.25) is 14.5 Å². The van der Waals surface area contributed by atoms with Crippen LogP contribution in [0, 0.1) is 0 Å². The lowest BCUT2D eigenvalue weighted by molar-refractivity contribution is -0.137. The molecule has 1 aliphatic rings. The molecule has 0 atom stereocenters. The highest BCUT2D eigenvalue weighted by molar-refractivity contribution is 7.92. The van der Waals surface area contributed by atoms with Crippen molar-refractivity contribution in [1.82, 2.24) is 15.2 Å². The lowest BCUT2D eigenvalue weighted by Crippen LogP contribution is -2.32. The van der Waals surface area contributed by atoms with Crippen LogP contribution >= 0.6 is 0 Å². The van der Waals surface area contributed by atoms with Crippen LogP contribution in [-0.2, 0) is 27.5 Å². The fourth-order valence-corrected chi connectivity index (χ4v) is 6.60. The molecule has 4 aromatic rings. The van der Waals surface area contributed by atoms with Gasteiger partial charge < -0.3 is 20.9 Å². The number of carbonyl (C=O) groups is 2. The number of hydrogen-bond donors (Lipinski definition) is 4. The van der Waals surface area contributed by atoms with Crippen molar-refractivity contribution < 1.29 is 31.2 Å². The number of rotatable bonds is 11. The minimum absolute atomic E-state index is 0.0171. The summed E-state index contributed by atoms with van der Waals surface area (Å²) in [6.45, 7) is 2.76. The number of anilines is 3. The van der Waals surface area contributed by atoms with Crippen LogP contribution in [0.2, 0.25) is 0 Å².